The highest BCUT2D eigenvalue weighted by Gasteiger charge is 2.06. The van der Waals surface area contributed by atoms with Crippen molar-refractivity contribution >= 4 is 23.3 Å². The van der Waals surface area contributed by atoms with E-state index in [2.05, 4.69) is 15.4 Å². The van der Waals surface area contributed by atoms with Gasteiger partial charge in [-0.3, -0.25) is 4.79 Å². The zero-order chi connectivity index (χ0) is 16.7. The van der Waals surface area contributed by atoms with Crippen molar-refractivity contribution < 1.29 is 14.3 Å². The molecule has 0 atom stereocenters. The monoisotopic (exact) mass is 312 g/mol. The summed E-state index contributed by atoms with van der Waals surface area (Å²) in [4.78, 5) is 23.0. The van der Waals surface area contributed by atoms with Crippen LogP contribution in [-0.2, 0) is 16.1 Å². The van der Waals surface area contributed by atoms with Gasteiger partial charge in [0.2, 0.25) is 5.91 Å². The fraction of sp³-hybridized carbons (Fsp3) is 0.222. The molecule has 0 spiro atoms. The average Bonchev–Trinajstić information content (AvgIpc) is 2.60. The van der Waals surface area contributed by atoms with Crippen molar-refractivity contribution in [2.75, 3.05) is 17.7 Å². The minimum Gasteiger partial charge on any atom is -0.465 e. The normalized spacial score (nSPS) is 10.0. The van der Waals surface area contributed by atoms with Crippen LogP contribution in [0.2, 0.25) is 0 Å². The first kappa shape index (κ1) is 16.5. The van der Waals surface area contributed by atoms with Crippen molar-refractivity contribution in [1.82, 2.24) is 0 Å². The van der Waals surface area contributed by atoms with Crippen molar-refractivity contribution in [3.63, 3.8) is 0 Å². The lowest BCUT2D eigenvalue weighted by molar-refractivity contribution is -0.115. The Labute approximate surface area is 135 Å². The molecule has 0 heterocycles. The Morgan fingerprint density at radius 3 is 2.26 bits per heavy atom. The Bertz CT molecular complexity index is 681. The molecule has 5 nitrogen and oxygen atoms in total. The predicted octanol–water partition coefficient (Wildman–Crippen LogP) is 3.43. The second-order valence-electron chi connectivity index (χ2n) is 4.99. The zero-order valence-corrected chi connectivity index (χ0v) is 13.3. The highest BCUT2D eigenvalue weighted by Crippen LogP contribution is 2.22. The van der Waals surface area contributed by atoms with Crippen LogP contribution < -0.4 is 10.6 Å². The summed E-state index contributed by atoms with van der Waals surface area (Å²) in [5.41, 5.74) is 3.15. The van der Waals surface area contributed by atoms with Crippen LogP contribution in [0.15, 0.2) is 48.5 Å². The lowest BCUT2D eigenvalue weighted by atomic mass is 10.1. The quantitative estimate of drug-likeness (QED) is 0.802. The maximum Gasteiger partial charge on any atom is 0.337 e. The van der Waals surface area contributed by atoms with Gasteiger partial charge < -0.3 is 15.4 Å². The maximum absolute atomic E-state index is 11.6. The van der Waals surface area contributed by atoms with E-state index in [1.165, 1.54) is 7.11 Å². The van der Waals surface area contributed by atoms with Crippen molar-refractivity contribution in [3.8, 4) is 0 Å². The van der Waals surface area contributed by atoms with Crippen LogP contribution in [0.3, 0.4) is 0 Å². The van der Waals surface area contributed by atoms with Gasteiger partial charge in [0.15, 0.2) is 0 Å². The number of anilines is 2. The molecule has 0 saturated carbocycles. The SMILES string of the molecule is CCC(=O)Nc1ccccc1NCc1ccc(C(=O)OC)cc1. The number of esters is 1. The van der Waals surface area contributed by atoms with Gasteiger partial charge in [-0.05, 0) is 29.8 Å². The number of para-hydroxylation sites is 2. The largest absolute Gasteiger partial charge is 0.465 e. The maximum atomic E-state index is 11.6. The summed E-state index contributed by atoms with van der Waals surface area (Å²) in [5, 5.41) is 6.16. The number of hydrogen-bond acceptors (Lipinski definition) is 4. The second kappa shape index (κ2) is 7.98. The first-order chi connectivity index (χ1) is 11.1. The van der Waals surface area contributed by atoms with Gasteiger partial charge in [-0.2, -0.15) is 0 Å². The summed E-state index contributed by atoms with van der Waals surface area (Å²) in [7, 11) is 1.36. The fourth-order valence-electron chi connectivity index (χ4n) is 2.06. The Balaban J connectivity index is 2.03. The molecule has 2 aromatic carbocycles. The average molecular weight is 312 g/mol. The van der Waals surface area contributed by atoms with Crippen LogP contribution in [0.4, 0.5) is 11.4 Å². The zero-order valence-electron chi connectivity index (χ0n) is 13.3. The molecule has 0 aromatic heterocycles. The van der Waals surface area contributed by atoms with Gasteiger partial charge in [0, 0.05) is 13.0 Å². The number of nitrogens with one attached hydrogen (secondary N) is 2. The number of carbonyl (C=O) groups excluding carboxylic acids is 2. The summed E-state index contributed by atoms with van der Waals surface area (Å²) in [6.07, 6.45) is 0.434. The van der Waals surface area contributed by atoms with Gasteiger partial charge in [-0.25, -0.2) is 4.79 Å². The van der Waals surface area contributed by atoms with E-state index in [1.54, 1.807) is 12.1 Å². The highest BCUT2D eigenvalue weighted by atomic mass is 16.5. The van der Waals surface area contributed by atoms with E-state index >= 15 is 0 Å². The third-order valence-corrected chi connectivity index (χ3v) is 3.38. The van der Waals surface area contributed by atoms with Crippen LogP contribution in [0.1, 0.15) is 29.3 Å². The van der Waals surface area contributed by atoms with Gasteiger partial charge in [0.25, 0.3) is 0 Å². The first-order valence-electron chi connectivity index (χ1n) is 7.44. The summed E-state index contributed by atoms with van der Waals surface area (Å²) < 4.78 is 4.67. The van der Waals surface area contributed by atoms with Gasteiger partial charge >= 0.3 is 5.97 Å². The van der Waals surface area contributed by atoms with Crippen molar-refractivity contribution in [3.05, 3.63) is 59.7 Å². The van der Waals surface area contributed by atoms with Crippen molar-refractivity contribution in [2.45, 2.75) is 19.9 Å². The van der Waals surface area contributed by atoms with E-state index in [4.69, 9.17) is 0 Å². The lowest BCUT2D eigenvalue weighted by Crippen LogP contribution is -2.12. The standard InChI is InChI=1S/C18H20N2O3/c1-3-17(21)20-16-7-5-4-6-15(16)19-12-13-8-10-14(11-9-13)18(22)23-2/h4-11,19H,3,12H2,1-2H3,(H,20,21). The van der Waals surface area contributed by atoms with Crippen LogP contribution in [-0.4, -0.2) is 19.0 Å². The van der Waals surface area contributed by atoms with Crippen LogP contribution in [0.25, 0.3) is 0 Å². The minimum absolute atomic E-state index is 0.0262. The molecule has 2 N–H and O–H groups in total. The van der Waals surface area contributed by atoms with E-state index < -0.39 is 0 Å². The molecule has 23 heavy (non-hydrogen) atoms. The van der Waals surface area contributed by atoms with Gasteiger partial charge in [0.05, 0.1) is 24.0 Å². The third-order valence-electron chi connectivity index (χ3n) is 3.38. The molecule has 0 aliphatic carbocycles. The Morgan fingerprint density at radius 1 is 1.00 bits per heavy atom. The molecule has 0 unspecified atom stereocenters. The number of hydrogen-bond donors (Lipinski definition) is 2. The summed E-state index contributed by atoms with van der Waals surface area (Å²) in [6, 6.07) is 14.7. The minimum atomic E-state index is -0.350. The summed E-state index contributed by atoms with van der Waals surface area (Å²) >= 11 is 0. The molecular weight excluding hydrogens is 292 g/mol. The molecule has 0 bridgehead atoms. The number of rotatable bonds is 6. The lowest BCUT2D eigenvalue weighted by Gasteiger charge is -2.13. The second-order valence-corrected chi connectivity index (χ2v) is 4.99. The van der Waals surface area contributed by atoms with Crippen LogP contribution in [0.5, 0.6) is 0 Å². The molecule has 5 heteroatoms. The molecule has 0 aliphatic rings. The molecule has 0 saturated heterocycles. The molecule has 0 aliphatic heterocycles. The number of benzene rings is 2. The van der Waals surface area contributed by atoms with E-state index in [9.17, 15) is 9.59 Å². The van der Waals surface area contributed by atoms with E-state index in [0.29, 0.717) is 18.5 Å². The summed E-state index contributed by atoms with van der Waals surface area (Å²) in [6.45, 7) is 2.40. The first-order valence-corrected chi connectivity index (χ1v) is 7.44. The van der Waals surface area contributed by atoms with Crippen molar-refractivity contribution in [1.29, 1.82) is 0 Å². The Morgan fingerprint density at radius 2 is 1.65 bits per heavy atom. The smallest absolute Gasteiger partial charge is 0.337 e. The Kier molecular flexibility index (Phi) is 5.74. The molecule has 2 rings (SSSR count). The molecule has 2 aromatic rings. The molecule has 0 fully saturated rings. The van der Waals surface area contributed by atoms with Gasteiger partial charge in [0.1, 0.15) is 0 Å². The third kappa shape index (κ3) is 4.57. The molecule has 120 valence electrons. The molecule has 0 radical (unpaired) electrons. The van der Waals surface area contributed by atoms with Gasteiger partial charge in [-0.15, -0.1) is 0 Å². The number of carbonyl (C=O) groups is 2. The van der Waals surface area contributed by atoms with Crippen LogP contribution >= 0.6 is 0 Å². The number of ether oxygens (including phenoxy) is 1. The number of methoxy groups -OCH3 is 1. The molecule has 1 amide bonds. The predicted molar refractivity (Wildman–Crippen MR) is 90.5 cm³/mol. The number of amides is 1. The van der Waals surface area contributed by atoms with Crippen molar-refractivity contribution in [2.24, 2.45) is 0 Å². The van der Waals surface area contributed by atoms with Gasteiger partial charge in [-0.1, -0.05) is 31.2 Å². The highest BCUT2D eigenvalue weighted by molar-refractivity contribution is 5.94. The topological polar surface area (TPSA) is 67.4 Å². The molecular formula is C18H20N2O3. The van der Waals surface area contributed by atoms with E-state index in [-0.39, 0.29) is 11.9 Å². The fourth-order valence-corrected chi connectivity index (χ4v) is 2.06. The van der Waals surface area contributed by atoms with E-state index in [0.717, 1.165) is 16.9 Å². The van der Waals surface area contributed by atoms with E-state index in [1.807, 2.05) is 43.3 Å². The Hall–Kier alpha value is -2.82. The summed E-state index contributed by atoms with van der Waals surface area (Å²) in [5.74, 6) is -0.376. The van der Waals surface area contributed by atoms with Crippen LogP contribution in [0, 0.1) is 0 Å².